The molecule has 2 heteroatoms. The smallest absolute Gasteiger partial charge is 0.132 e. The molecule has 1 nitrogen and oxygen atoms in total. The SMILES string of the molecule is CCCCCCCCCC[N+](CC)(CC)c1ccc(C)cc1.[Cl-]. The molecule has 0 unspecified atom stereocenters. The highest BCUT2D eigenvalue weighted by atomic mass is 35.5. The highest BCUT2D eigenvalue weighted by molar-refractivity contribution is 5.44. The average molecular weight is 340 g/mol. The van der Waals surface area contributed by atoms with E-state index in [0.717, 1.165) is 4.48 Å². The molecule has 0 heterocycles. The number of halogens is 1. The lowest BCUT2D eigenvalue weighted by atomic mass is 10.1. The second kappa shape index (κ2) is 12.8. The minimum atomic E-state index is 0. The van der Waals surface area contributed by atoms with Gasteiger partial charge in [-0.05, 0) is 45.7 Å². The zero-order valence-corrected chi connectivity index (χ0v) is 16.7. The van der Waals surface area contributed by atoms with Crippen LogP contribution in [0.3, 0.4) is 0 Å². The third-order valence-electron chi connectivity index (χ3n) is 5.23. The standard InChI is InChI=1S/C21H38N.ClH/c1-5-8-9-10-11-12-13-14-19-22(6-2,7-3)21-17-15-20(4)16-18-21;/h15-18H,5-14,19H2,1-4H3;1H/q+1;/p-1. The number of benzene rings is 1. The maximum atomic E-state index is 2.34. The Hall–Kier alpha value is -0.530. The van der Waals surface area contributed by atoms with Gasteiger partial charge in [0.2, 0.25) is 0 Å². The molecule has 0 radical (unpaired) electrons. The van der Waals surface area contributed by atoms with E-state index in [0.29, 0.717) is 0 Å². The van der Waals surface area contributed by atoms with E-state index in [-0.39, 0.29) is 12.4 Å². The highest BCUT2D eigenvalue weighted by Gasteiger charge is 2.25. The van der Waals surface area contributed by atoms with Gasteiger partial charge in [-0.2, -0.15) is 0 Å². The summed E-state index contributed by atoms with van der Waals surface area (Å²) in [5.74, 6) is 0. The monoisotopic (exact) mass is 339 g/mol. The second-order valence-corrected chi connectivity index (χ2v) is 6.81. The van der Waals surface area contributed by atoms with Crippen molar-refractivity contribution in [1.82, 2.24) is 4.48 Å². The molecule has 0 aliphatic carbocycles. The third kappa shape index (κ3) is 7.72. The maximum absolute atomic E-state index is 2.34. The first-order valence-corrected chi connectivity index (χ1v) is 9.61. The summed E-state index contributed by atoms with van der Waals surface area (Å²) in [5.41, 5.74) is 2.86. The Morgan fingerprint density at radius 3 is 1.65 bits per heavy atom. The number of aryl methyl sites for hydroxylation is 1. The largest absolute Gasteiger partial charge is 1.00 e. The summed E-state index contributed by atoms with van der Waals surface area (Å²) in [6.45, 7) is 12.9. The molecule has 0 fully saturated rings. The lowest BCUT2D eigenvalue weighted by Crippen LogP contribution is -3.00. The minimum absolute atomic E-state index is 0. The zero-order chi connectivity index (χ0) is 16.3. The van der Waals surface area contributed by atoms with Crippen molar-refractivity contribution in [3.8, 4) is 0 Å². The number of rotatable bonds is 12. The Bertz CT molecular complexity index is 381. The van der Waals surface area contributed by atoms with Crippen LogP contribution in [0.1, 0.15) is 77.7 Å². The number of hydrogen-bond acceptors (Lipinski definition) is 0. The van der Waals surface area contributed by atoms with Gasteiger partial charge in [-0.25, -0.2) is 0 Å². The van der Waals surface area contributed by atoms with Gasteiger partial charge in [0.15, 0.2) is 0 Å². The van der Waals surface area contributed by atoms with Gasteiger partial charge >= 0.3 is 0 Å². The van der Waals surface area contributed by atoms with Crippen LogP contribution < -0.4 is 16.9 Å². The summed E-state index contributed by atoms with van der Waals surface area (Å²) in [7, 11) is 0. The van der Waals surface area contributed by atoms with Gasteiger partial charge in [-0.1, -0.05) is 63.1 Å². The van der Waals surface area contributed by atoms with Crippen molar-refractivity contribution in [2.75, 3.05) is 19.6 Å². The molecule has 0 bridgehead atoms. The minimum Gasteiger partial charge on any atom is -1.00 e. The van der Waals surface area contributed by atoms with Crippen molar-refractivity contribution in [3.05, 3.63) is 29.8 Å². The maximum Gasteiger partial charge on any atom is 0.132 e. The Morgan fingerprint density at radius 1 is 0.696 bits per heavy atom. The number of hydrogen-bond donors (Lipinski definition) is 0. The Balaban J connectivity index is 0.00000484. The van der Waals surface area contributed by atoms with Crippen LogP contribution in [0.2, 0.25) is 0 Å². The van der Waals surface area contributed by atoms with Crippen molar-refractivity contribution in [1.29, 1.82) is 0 Å². The molecule has 0 atom stereocenters. The molecule has 1 rings (SSSR count). The van der Waals surface area contributed by atoms with Gasteiger partial charge in [-0.3, -0.25) is 4.48 Å². The fourth-order valence-electron chi connectivity index (χ4n) is 3.44. The van der Waals surface area contributed by atoms with Crippen LogP contribution in [0.5, 0.6) is 0 Å². The van der Waals surface area contributed by atoms with Crippen LogP contribution in [0.25, 0.3) is 0 Å². The van der Waals surface area contributed by atoms with E-state index >= 15 is 0 Å². The molecule has 0 saturated carbocycles. The first kappa shape index (κ1) is 22.5. The molecule has 0 aliphatic rings. The number of quaternary nitrogens is 1. The molecule has 0 spiro atoms. The quantitative estimate of drug-likeness (QED) is 0.404. The van der Waals surface area contributed by atoms with E-state index in [1.54, 1.807) is 0 Å². The number of unbranched alkanes of at least 4 members (excludes halogenated alkanes) is 7. The molecule has 0 saturated heterocycles. The van der Waals surface area contributed by atoms with E-state index in [9.17, 15) is 0 Å². The molecule has 0 N–H and O–H groups in total. The molecule has 1 aromatic carbocycles. The van der Waals surface area contributed by atoms with Gasteiger partial charge in [0.05, 0.1) is 19.6 Å². The molecular weight excluding hydrogens is 302 g/mol. The third-order valence-corrected chi connectivity index (χ3v) is 5.23. The summed E-state index contributed by atoms with van der Waals surface area (Å²) >= 11 is 0. The van der Waals surface area contributed by atoms with Crippen LogP contribution >= 0.6 is 0 Å². The second-order valence-electron chi connectivity index (χ2n) is 6.81. The normalized spacial score (nSPS) is 11.3. The molecular formula is C21H38ClN. The molecule has 134 valence electrons. The van der Waals surface area contributed by atoms with E-state index in [1.807, 2.05) is 0 Å². The van der Waals surface area contributed by atoms with Crippen molar-refractivity contribution in [2.24, 2.45) is 0 Å². The van der Waals surface area contributed by atoms with E-state index in [1.165, 1.54) is 82.3 Å². The van der Waals surface area contributed by atoms with Crippen molar-refractivity contribution >= 4 is 5.69 Å². The fourth-order valence-corrected chi connectivity index (χ4v) is 3.44. The lowest BCUT2D eigenvalue weighted by Gasteiger charge is -2.36. The summed E-state index contributed by atoms with van der Waals surface area (Å²) in [6.07, 6.45) is 11.3. The fraction of sp³-hybridized carbons (Fsp3) is 0.714. The van der Waals surface area contributed by atoms with Crippen LogP contribution in [-0.2, 0) is 0 Å². The summed E-state index contributed by atoms with van der Waals surface area (Å²) in [5, 5.41) is 0. The van der Waals surface area contributed by atoms with Gasteiger partial charge in [0.25, 0.3) is 0 Å². The molecule has 1 aromatic rings. The van der Waals surface area contributed by atoms with Gasteiger partial charge in [-0.15, -0.1) is 0 Å². The highest BCUT2D eigenvalue weighted by Crippen LogP contribution is 2.24. The Labute approximate surface area is 151 Å². The van der Waals surface area contributed by atoms with Crippen LogP contribution in [0.4, 0.5) is 5.69 Å². The first-order valence-electron chi connectivity index (χ1n) is 9.61. The molecule has 23 heavy (non-hydrogen) atoms. The van der Waals surface area contributed by atoms with Crippen molar-refractivity contribution < 1.29 is 12.4 Å². The zero-order valence-electron chi connectivity index (χ0n) is 15.9. The van der Waals surface area contributed by atoms with Gasteiger partial charge in [0, 0.05) is 0 Å². The van der Waals surface area contributed by atoms with Crippen LogP contribution in [0.15, 0.2) is 24.3 Å². The van der Waals surface area contributed by atoms with Crippen LogP contribution in [-0.4, -0.2) is 19.6 Å². The van der Waals surface area contributed by atoms with Crippen molar-refractivity contribution in [3.63, 3.8) is 0 Å². The number of nitrogens with zero attached hydrogens (tertiary/aromatic N) is 1. The Kier molecular flexibility index (Phi) is 12.5. The predicted molar refractivity (Wildman–Crippen MR) is 102 cm³/mol. The van der Waals surface area contributed by atoms with Crippen molar-refractivity contribution in [2.45, 2.75) is 79.1 Å². The van der Waals surface area contributed by atoms with Gasteiger partial charge < -0.3 is 12.4 Å². The first-order chi connectivity index (χ1) is 10.7. The molecule has 0 aromatic heterocycles. The Morgan fingerprint density at radius 2 is 1.17 bits per heavy atom. The summed E-state index contributed by atoms with van der Waals surface area (Å²) in [6, 6.07) is 9.21. The summed E-state index contributed by atoms with van der Waals surface area (Å²) < 4.78 is 1.15. The molecule has 0 aliphatic heterocycles. The van der Waals surface area contributed by atoms with E-state index in [4.69, 9.17) is 0 Å². The van der Waals surface area contributed by atoms with Crippen LogP contribution in [0, 0.1) is 6.92 Å². The summed E-state index contributed by atoms with van der Waals surface area (Å²) in [4.78, 5) is 0. The van der Waals surface area contributed by atoms with Gasteiger partial charge in [0.1, 0.15) is 5.69 Å². The average Bonchev–Trinajstić information content (AvgIpc) is 2.55. The predicted octanol–water partition coefficient (Wildman–Crippen LogP) is 3.49. The molecule has 0 amide bonds. The van der Waals surface area contributed by atoms with E-state index in [2.05, 4.69) is 52.0 Å². The lowest BCUT2D eigenvalue weighted by molar-refractivity contribution is -0.00000491. The topological polar surface area (TPSA) is 0 Å². The van der Waals surface area contributed by atoms with E-state index < -0.39 is 0 Å².